The summed E-state index contributed by atoms with van der Waals surface area (Å²) < 4.78 is 5.37. The molecule has 0 saturated heterocycles. The number of ether oxygens (including phenoxy) is 1. The number of nitrogens with zero attached hydrogens (tertiary/aromatic N) is 1. The minimum atomic E-state index is -0.125. The SMILES string of the molecule is CCC(NC(=O)c1ccc(C)nc1)c1ccccc1OC. The molecule has 1 unspecified atom stereocenters. The van der Waals surface area contributed by atoms with Crippen LogP contribution in [0.3, 0.4) is 0 Å². The third-order valence-corrected chi connectivity index (χ3v) is 3.40. The van der Waals surface area contributed by atoms with Gasteiger partial charge in [0.2, 0.25) is 0 Å². The summed E-state index contributed by atoms with van der Waals surface area (Å²) in [7, 11) is 1.64. The Bertz CT molecular complexity index is 608. The molecule has 0 bridgehead atoms. The van der Waals surface area contributed by atoms with Gasteiger partial charge in [-0.15, -0.1) is 0 Å². The highest BCUT2D eigenvalue weighted by molar-refractivity contribution is 5.94. The summed E-state index contributed by atoms with van der Waals surface area (Å²) in [5.41, 5.74) is 2.44. The second-order valence-corrected chi connectivity index (χ2v) is 4.86. The Hall–Kier alpha value is -2.36. The number of aromatic nitrogens is 1. The molecule has 1 N–H and O–H groups in total. The third-order valence-electron chi connectivity index (χ3n) is 3.40. The van der Waals surface area contributed by atoms with Crippen molar-refractivity contribution in [2.24, 2.45) is 0 Å². The summed E-state index contributed by atoms with van der Waals surface area (Å²) in [5.74, 6) is 0.659. The maximum atomic E-state index is 12.3. The van der Waals surface area contributed by atoms with Crippen molar-refractivity contribution in [3.05, 3.63) is 59.4 Å². The van der Waals surface area contributed by atoms with E-state index in [0.717, 1.165) is 23.4 Å². The van der Waals surface area contributed by atoms with Crippen LogP contribution in [0.4, 0.5) is 0 Å². The highest BCUT2D eigenvalue weighted by Gasteiger charge is 2.17. The maximum Gasteiger partial charge on any atom is 0.253 e. The van der Waals surface area contributed by atoms with Gasteiger partial charge in [-0.3, -0.25) is 9.78 Å². The van der Waals surface area contributed by atoms with Crippen LogP contribution in [0.25, 0.3) is 0 Å². The van der Waals surface area contributed by atoms with E-state index in [4.69, 9.17) is 4.74 Å². The molecule has 2 rings (SSSR count). The Balaban J connectivity index is 2.19. The lowest BCUT2D eigenvalue weighted by molar-refractivity contribution is 0.0934. The van der Waals surface area contributed by atoms with Crippen LogP contribution in [-0.4, -0.2) is 18.0 Å². The van der Waals surface area contributed by atoms with E-state index in [-0.39, 0.29) is 11.9 Å². The highest BCUT2D eigenvalue weighted by atomic mass is 16.5. The van der Waals surface area contributed by atoms with Gasteiger partial charge in [0.15, 0.2) is 0 Å². The van der Waals surface area contributed by atoms with Gasteiger partial charge in [0.05, 0.1) is 18.7 Å². The number of para-hydroxylation sites is 1. The normalized spacial score (nSPS) is 11.8. The first-order valence-corrected chi connectivity index (χ1v) is 7.02. The van der Waals surface area contributed by atoms with Gasteiger partial charge in [-0.05, 0) is 31.5 Å². The van der Waals surface area contributed by atoms with Crippen LogP contribution in [0.2, 0.25) is 0 Å². The van der Waals surface area contributed by atoms with Crippen LogP contribution in [0.5, 0.6) is 5.75 Å². The molecule has 4 heteroatoms. The molecule has 0 aliphatic heterocycles. The number of aryl methyl sites for hydroxylation is 1. The van der Waals surface area contributed by atoms with Crippen molar-refractivity contribution in [3.8, 4) is 5.75 Å². The molecule has 21 heavy (non-hydrogen) atoms. The Morgan fingerprint density at radius 1 is 1.29 bits per heavy atom. The van der Waals surface area contributed by atoms with Gasteiger partial charge >= 0.3 is 0 Å². The molecule has 1 atom stereocenters. The van der Waals surface area contributed by atoms with Gasteiger partial charge in [0.25, 0.3) is 5.91 Å². The van der Waals surface area contributed by atoms with Gasteiger partial charge in [0, 0.05) is 17.5 Å². The maximum absolute atomic E-state index is 12.3. The fourth-order valence-electron chi connectivity index (χ4n) is 2.20. The zero-order valence-corrected chi connectivity index (χ0v) is 12.6. The lowest BCUT2D eigenvalue weighted by Gasteiger charge is -2.20. The summed E-state index contributed by atoms with van der Waals surface area (Å²) in [6.07, 6.45) is 2.38. The fraction of sp³-hybridized carbons (Fsp3) is 0.294. The number of nitrogens with one attached hydrogen (secondary N) is 1. The largest absolute Gasteiger partial charge is 0.496 e. The van der Waals surface area contributed by atoms with Gasteiger partial charge in [-0.1, -0.05) is 25.1 Å². The first kappa shape index (κ1) is 15.0. The number of carbonyl (C=O) groups excluding carboxylic acids is 1. The summed E-state index contributed by atoms with van der Waals surface area (Å²) >= 11 is 0. The van der Waals surface area contributed by atoms with Crippen LogP contribution >= 0.6 is 0 Å². The molecule has 2 aromatic rings. The van der Waals surface area contributed by atoms with E-state index in [0.29, 0.717) is 5.56 Å². The van der Waals surface area contributed by atoms with Crippen LogP contribution in [0, 0.1) is 6.92 Å². The van der Waals surface area contributed by atoms with Gasteiger partial charge in [-0.2, -0.15) is 0 Å². The molecule has 1 amide bonds. The van der Waals surface area contributed by atoms with Crippen molar-refractivity contribution < 1.29 is 9.53 Å². The second-order valence-electron chi connectivity index (χ2n) is 4.86. The van der Waals surface area contributed by atoms with E-state index in [1.165, 1.54) is 0 Å². The zero-order chi connectivity index (χ0) is 15.2. The molecule has 0 spiro atoms. The Labute approximate surface area is 125 Å². The number of carbonyl (C=O) groups is 1. The zero-order valence-electron chi connectivity index (χ0n) is 12.6. The third kappa shape index (κ3) is 3.60. The molecule has 0 radical (unpaired) electrons. The fourth-order valence-corrected chi connectivity index (χ4v) is 2.20. The van der Waals surface area contributed by atoms with E-state index >= 15 is 0 Å². The molecular weight excluding hydrogens is 264 g/mol. The van der Waals surface area contributed by atoms with Crippen molar-refractivity contribution >= 4 is 5.91 Å². The van der Waals surface area contributed by atoms with Crippen molar-refractivity contribution in [2.75, 3.05) is 7.11 Å². The minimum Gasteiger partial charge on any atom is -0.496 e. The first-order valence-electron chi connectivity index (χ1n) is 7.02. The van der Waals surface area contributed by atoms with Crippen LogP contribution in [-0.2, 0) is 0 Å². The van der Waals surface area contributed by atoms with Crippen LogP contribution in [0.1, 0.15) is 41.0 Å². The topological polar surface area (TPSA) is 51.2 Å². The Morgan fingerprint density at radius 3 is 2.67 bits per heavy atom. The van der Waals surface area contributed by atoms with Gasteiger partial charge < -0.3 is 10.1 Å². The number of rotatable bonds is 5. The summed E-state index contributed by atoms with van der Waals surface area (Å²) in [6, 6.07) is 11.3. The van der Waals surface area contributed by atoms with Crippen molar-refractivity contribution in [3.63, 3.8) is 0 Å². The number of methoxy groups -OCH3 is 1. The average molecular weight is 284 g/mol. The van der Waals surface area contributed by atoms with Crippen molar-refractivity contribution in [2.45, 2.75) is 26.3 Å². The Kier molecular flexibility index (Phi) is 4.93. The first-order chi connectivity index (χ1) is 10.2. The second kappa shape index (κ2) is 6.88. The average Bonchev–Trinajstić information content (AvgIpc) is 2.53. The smallest absolute Gasteiger partial charge is 0.253 e. The number of amides is 1. The molecule has 0 aliphatic carbocycles. The van der Waals surface area contributed by atoms with Crippen molar-refractivity contribution in [1.29, 1.82) is 0 Å². The number of hydrogen-bond donors (Lipinski definition) is 1. The molecule has 4 nitrogen and oxygen atoms in total. The monoisotopic (exact) mass is 284 g/mol. The molecule has 1 aromatic carbocycles. The lowest BCUT2D eigenvalue weighted by Crippen LogP contribution is -2.28. The van der Waals surface area contributed by atoms with E-state index in [9.17, 15) is 4.79 Å². The highest BCUT2D eigenvalue weighted by Crippen LogP contribution is 2.27. The molecule has 1 heterocycles. The van der Waals surface area contributed by atoms with Gasteiger partial charge in [-0.25, -0.2) is 0 Å². The number of hydrogen-bond acceptors (Lipinski definition) is 3. The standard InChI is InChI=1S/C17H20N2O2/c1-4-15(14-7-5-6-8-16(14)21-3)19-17(20)13-10-9-12(2)18-11-13/h5-11,15H,4H2,1-3H3,(H,19,20). The summed E-state index contributed by atoms with van der Waals surface area (Å²) in [4.78, 5) is 16.5. The molecule has 0 saturated carbocycles. The van der Waals surface area contributed by atoms with Crippen molar-refractivity contribution in [1.82, 2.24) is 10.3 Å². The van der Waals surface area contributed by atoms with E-state index in [1.807, 2.05) is 44.2 Å². The molecule has 0 aliphatic rings. The molecular formula is C17H20N2O2. The predicted molar refractivity (Wildman–Crippen MR) is 82.5 cm³/mol. The van der Waals surface area contributed by atoms with Crippen LogP contribution in [0.15, 0.2) is 42.6 Å². The summed E-state index contributed by atoms with van der Waals surface area (Å²) in [5, 5.41) is 3.03. The van der Waals surface area contributed by atoms with E-state index in [2.05, 4.69) is 10.3 Å². The predicted octanol–water partition coefficient (Wildman–Crippen LogP) is 3.28. The molecule has 1 aromatic heterocycles. The van der Waals surface area contributed by atoms with Gasteiger partial charge in [0.1, 0.15) is 5.75 Å². The number of benzene rings is 1. The minimum absolute atomic E-state index is 0.0880. The summed E-state index contributed by atoms with van der Waals surface area (Å²) in [6.45, 7) is 3.93. The molecule has 110 valence electrons. The van der Waals surface area contributed by atoms with E-state index in [1.54, 1.807) is 19.4 Å². The quantitative estimate of drug-likeness (QED) is 0.916. The van der Waals surface area contributed by atoms with E-state index < -0.39 is 0 Å². The number of pyridine rings is 1. The van der Waals surface area contributed by atoms with Crippen LogP contribution < -0.4 is 10.1 Å². The lowest BCUT2D eigenvalue weighted by atomic mass is 10.0. The molecule has 0 fully saturated rings. The Morgan fingerprint density at radius 2 is 2.05 bits per heavy atom.